The first-order valence-corrected chi connectivity index (χ1v) is 17.2. The van der Waals surface area contributed by atoms with Crippen molar-refractivity contribution in [1.29, 1.82) is 0 Å². The van der Waals surface area contributed by atoms with Gasteiger partial charge in [-0.15, -0.1) is 0 Å². The van der Waals surface area contributed by atoms with Gasteiger partial charge in [-0.25, -0.2) is 4.79 Å². The minimum Gasteiger partial charge on any atom is -0.455 e. The zero-order chi connectivity index (χ0) is 29.7. The fourth-order valence-corrected chi connectivity index (χ4v) is 6.10. The van der Waals surface area contributed by atoms with E-state index in [0.29, 0.717) is 24.8 Å². The number of esters is 1. The van der Waals surface area contributed by atoms with Crippen LogP contribution in [0.4, 0.5) is 0 Å². The standard InChI is InChI=1S/C35H62O6/c1-3-4-5-6-7-8-9-13-16-19-22-31(37)33-24-25-34(41-33)32(38)23-20-17-14-11-10-12-15-18-21-30(36)27-29-26-28(2)40-35(29)39/h14,17,26,28,30-34,36-38H,3-13,15-16,18-25,27H2,1-2H3/b17-14+/t28-,30+,31+,32+,33+,34+/m0/s1. The molecular weight excluding hydrogens is 516 g/mol. The smallest absolute Gasteiger partial charge is 0.334 e. The predicted molar refractivity (Wildman–Crippen MR) is 167 cm³/mol. The molecule has 6 atom stereocenters. The van der Waals surface area contributed by atoms with Crippen LogP contribution in [0.5, 0.6) is 0 Å². The number of hydrogen-bond acceptors (Lipinski definition) is 6. The van der Waals surface area contributed by atoms with Crippen molar-refractivity contribution in [3.8, 4) is 0 Å². The summed E-state index contributed by atoms with van der Waals surface area (Å²) < 4.78 is 11.1. The molecule has 0 bridgehead atoms. The molecule has 1 fully saturated rings. The van der Waals surface area contributed by atoms with E-state index in [4.69, 9.17) is 9.47 Å². The van der Waals surface area contributed by atoms with E-state index in [-0.39, 0.29) is 24.3 Å². The van der Waals surface area contributed by atoms with Crippen molar-refractivity contribution < 1.29 is 29.6 Å². The third-order valence-electron chi connectivity index (χ3n) is 8.70. The first kappa shape index (κ1) is 36.0. The molecule has 0 aromatic carbocycles. The number of unbranched alkanes of at least 4 members (excludes halogenated alkanes) is 13. The summed E-state index contributed by atoms with van der Waals surface area (Å²) in [5.41, 5.74) is 0.608. The number of carbonyl (C=O) groups is 1. The van der Waals surface area contributed by atoms with Gasteiger partial charge in [0.2, 0.25) is 0 Å². The third-order valence-corrected chi connectivity index (χ3v) is 8.70. The molecular formula is C35H62O6. The lowest BCUT2D eigenvalue weighted by Gasteiger charge is -2.22. The predicted octanol–water partition coefficient (Wildman–Crippen LogP) is 7.87. The van der Waals surface area contributed by atoms with Gasteiger partial charge in [0.05, 0.1) is 30.5 Å². The molecule has 6 heteroatoms. The van der Waals surface area contributed by atoms with Gasteiger partial charge < -0.3 is 24.8 Å². The summed E-state index contributed by atoms with van der Waals surface area (Å²) in [4.78, 5) is 11.6. The Morgan fingerprint density at radius 3 is 1.90 bits per heavy atom. The summed E-state index contributed by atoms with van der Waals surface area (Å²) in [7, 11) is 0. The van der Waals surface area contributed by atoms with Crippen LogP contribution in [0.3, 0.4) is 0 Å². The lowest BCUT2D eigenvalue weighted by atomic mass is 10.0. The quantitative estimate of drug-likeness (QED) is 0.0580. The molecule has 1 saturated heterocycles. The van der Waals surface area contributed by atoms with Gasteiger partial charge in [0.25, 0.3) is 0 Å². The minimum atomic E-state index is -0.475. The molecule has 0 aromatic rings. The molecule has 0 radical (unpaired) electrons. The van der Waals surface area contributed by atoms with Gasteiger partial charge in [-0.1, -0.05) is 103 Å². The Labute approximate surface area is 251 Å². The highest BCUT2D eigenvalue weighted by Gasteiger charge is 2.34. The van der Waals surface area contributed by atoms with E-state index >= 15 is 0 Å². The second-order valence-electron chi connectivity index (χ2n) is 12.6. The van der Waals surface area contributed by atoms with E-state index in [9.17, 15) is 20.1 Å². The Balaban J connectivity index is 1.40. The van der Waals surface area contributed by atoms with Crippen LogP contribution in [0, 0.1) is 0 Å². The summed E-state index contributed by atoms with van der Waals surface area (Å²) in [6.45, 7) is 4.09. The van der Waals surface area contributed by atoms with Crippen molar-refractivity contribution in [2.24, 2.45) is 0 Å². The van der Waals surface area contributed by atoms with Crippen molar-refractivity contribution in [1.82, 2.24) is 0 Å². The maximum absolute atomic E-state index is 11.6. The summed E-state index contributed by atoms with van der Waals surface area (Å²) in [6.07, 6.45) is 27.8. The number of aliphatic hydroxyl groups is 3. The van der Waals surface area contributed by atoms with E-state index in [2.05, 4.69) is 19.1 Å². The molecule has 0 unspecified atom stereocenters. The number of aliphatic hydroxyl groups excluding tert-OH is 3. The van der Waals surface area contributed by atoms with Crippen LogP contribution in [0.1, 0.15) is 155 Å². The van der Waals surface area contributed by atoms with Crippen LogP contribution in [-0.2, 0) is 14.3 Å². The maximum atomic E-state index is 11.6. The van der Waals surface area contributed by atoms with Crippen molar-refractivity contribution in [3.05, 3.63) is 23.8 Å². The first-order valence-electron chi connectivity index (χ1n) is 17.2. The summed E-state index contributed by atoms with van der Waals surface area (Å²) in [5.74, 6) is -0.288. The molecule has 0 saturated carbocycles. The average Bonchev–Trinajstić information content (AvgIpc) is 3.57. The van der Waals surface area contributed by atoms with Gasteiger partial charge >= 0.3 is 5.97 Å². The number of cyclic esters (lactones) is 1. The van der Waals surface area contributed by atoms with Gasteiger partial charge in [0.15, 0.2) is 0 Å². The highest BCUT2D eigenvalue weighted by Crippen LogP contribution is 2.28. The van der Waals surface area contributed by atoms with Gasteiger partial charge in [0.1, 0.15) is 6.10 Å². The van der Waals surface area contributed by atoms with E-state index in [1.165, 1.54) is 57.8 Å². The molecule has 0 amide bonds. The second kappa shape index (κ2) is 22.3. The molecule has 0 aliphatic carbocycles. The largest absolute Gasteiger partial charge is 0.455 e. The van der Waals surface area contributed by atoms with Crippen LogP contribution in [0.15, 0.2) is 23.8 Å². The van der Waals surface area contributed by atoms with E-state index in [1.807, 2.05) is 6.92 Å². The molecule has 3 N–H and O–H groups in total. The molecule has 238 valence electrons. The Hall–Kier alpha value is -1.21. The van der Waals surface area contributed by atoms with Crippen LogP contribution in [-0.4, -0.2) is 57.9 Å². The summed E-state index contributed by atoms with van der Waals surface area (Å²) in [6, 6.07) is 0. The second-order valence-corrected chi connectivity index (χ2v) is 12.6. The minimum absolute atomic E-state index is 0.120. The van der Waals surface area contributed by atoms with Crippen molar-refractivity contribution >= 4 is 5.97 Å². The Morgan fingerprint density at radius 2 is 1.29 bits per heavy atom. The highest BCUT2D eigenvalue weighted by atomic mass is 16.5. The Kier molecular flexibility index (Phi) is 19.6. The topological polar surface area (TPSA) is 96.2 Å². The van der Waals surface area contributed by atoms with E-state index in [0.717, 1.165) is 64.2 Å². The maximum Gasteiger partial charge on any atom is 0.334 e. The average molecular weight is 579 g/mol. The van der Waals surface area contributed by atoms with Crippen molar-refractivity contribution in [2.75, 3.05) is 0 Å². The van der Waals surface area contributed by atoms with E-state index < -0.39 is 18.3 Å². The number of hydrogen-bond donors (Lipinski definition) is 3. The van der Waals surface area contributed by atoms with Crippen molar-refractivity contribution in [3.63, 3.8) is 0 Å². The fourth-order valence-electron chi connectivity index (χ4n) is 6.10. The molecule has 2 rings (SSSR count). The molecule has 0 aromatic heterocycles. The van der Waals surface area contributed by atoms with Crippen LogP contribution >= 0.6 is 0 Å². The van der Waals surface area contributed by atoms with Gasteiger partial charge in [-0.2, -0.15) is 0 Å². The van der Waals surface area contributed by atoms with Crippen LogP contribution in [0.25, 0.3) is 0 Å². The Morgan fingerprint density at radius 1 is 0.756 bits per heavy atom. The molecule has 0 spiro atoms. The SMILES string of the molecule is CCCCCCCCCCCC[C@@H](O)[C@H]1CC[C@H]([C@H](O)CC/C=C/CCCCCC[C@@H](O)CC2=C[C@H](C)OC2=O)O1. The molecule has 2 aliphatic heterocycles. The molecule has 6 nitrogen and oxygen atoms in total. The van der Waals surface area contributed by atoms with Gasteiger partial charge in [-0.3, -0.25) is 0 Å². The zero-order valence-corrected chi connectivity index (χ0v) is 26.3. The fraction of sp³-hybridized carbons (Fsp3) is 0.857. The number of carbonyl (C=O) groups excluding carboxylic acids is 1. The molecule has 41 heavy (non-hydrogen) atoms. The number of allylic oxidation sites excluding steroid dienone is 2. The lowest BCUT2D eigenvalue weighted by molar-refractivity contribution is -0.139. The monoisotopic (exact) mass is 578 g/mol. The molecule has 2 heterocycles. The normalized spacial score (nSPS) is 23.2. The van der Waals surface area contributed by atoms with E-state index in [1.54, 1.807) is 6.08 Å². The van der Waals surface area contributed by atoms with Crippen LogP contribution < -0.4 is 0 Å². The van der Waals surface area contributed by atoms with Crippen LogP contribution in [0.2, 0.25) is 0 Å². The first-order chi connectivity index (χ1) is 19.9. The number of rotatable bonds is 25. The van der Waals surface area contributed by atoms with Gasteiger partial charge in [-0.05, 0) is 64.4 Å². The highest BCUT2D eigenvalue weighted by molar-refractivity contribution is 5.90. The van der Waals surface area contributed by atoms with Gasteiger partial charge in [0, 0.05) is 12.0 Å². The lowest BCUT2D eigenvalue weighted by Crippen LogP contribution is -2.30. The summed E-state index contributed by atoms with van der Waals surface area (Å²) >= 11 is 0. The number of ether oxygens (including phenoxy) is 2. The zero-order valence-electron chi connectivity index (χ0n) is 26.3. The van der Waals surface area contributed by atoms with Crippen molar-refractivity contribution in [2.45, 2.75) is 192 Å². The Bertz CT molecular complexity index is 734. The summed E-state index contributed by atoms with van der Waals surface area (Å²) in [5, 5.41) is 31.3. The third kappa shape index (κ3) is 16.3. The molecule has 2 aliphatic rings.